The molecule has 33 heavy (non-hydrogen) atoms. The van der Waals surface area contributed by atoms with Gasteiger partial charge in [-0.3, -0.25) is 14.5 Å². The number of ether oxygens (including phenoxy) is 2. The van der Waals surface area contributed by atoms with Crippen LogP contribution in [0.4, 0.5) is 5.69 Å². The predicted molar refractivity (Wildman–Crippen MR) is 128 cm³/mol. The summed E-state index contributed by atoms with van der Waals surface area (Å²) in [6.45, 7) is 2.18. The molecule has 3 aromatic rings. The van der Waals surface area contributed by atoms with Gasteiger partial charge in [0.1, 0.15) is 23.8 Å². The molecule has 4 rings (SSSR count). The molecule has 168 valence electrons. The van der Waals surface area contributed by atoms with Crippen LogP contribution in [0.15, 0.2) is 78.5 Å². The summed E-state index contributed by atoms with van der Waals surface area (Å²) in [4.78, 5) is 27.8. The van der Waals surface area contributed by atoms with Gasteiger partial charge in [-0.15, -0.1) is 0 Å². The van der Waals surface area contributed by atoms with E-state index in [-0.39, 0.29) is 24.8 Å². The Hall–Kier alpha value is -3.77. The standard InChI is InChI=1S/C26H23ClN2O4/c1-17-8-9-19(27)16-22(17)28-24-23(18-6-4-3-5-7-18)25(30)29(26(24)31)14-15-33-21-12-10-20(32-2)11-13-21/h3-13,16,28H,14-15H2,1-2H3. The number of hydrogen-bond donors (Lipinski definition) is 1. The van der Waals surface area contributed by atoms with Crippen LogP contribution in [-0.4, -0.2) is 37.0 Å². The molecule has 6 nitrogen and oxygen atoms in total. The Labute approximate surface area is 197 Å². The molecule has 0 fully saturated rings. The van der Waals surface area contributed by atoms with E-state index in [0.29, 0.717) is 27.6 Å². The monoisotopic (exact) mass is 462 g/mol. The van der Waals surface area contributed by atoms with E-state index < -0.39 is 5.91 Å². The molecule has 1 aliphatic rings. The van der Waals surface area contributed by atoms with Crippen LogP contribution < -0.4 is 14.8 Å². The normalized spacial score (nSPS) is 13.5. The highest BCUT2D eigenvalue weighted by atomic mass is 35.5. The minimum Gasteiger partial charge on any atom is -0.497 e. The summed E-state index contributed by atoms with van der Waals surface area (Å²) in [6.07, 6.45) is 0. The molecule has 0 spiro atoms. The molecule has 1 aliphatic heterocycles. The average molecular weight is 463 g/mol. The second-order valence-corrected chi connectivity index (χ2v) is 7.92. The summed E-state index contributed by atoms with van der Waals surface area (Å²) < 4.78 is 10.9. The van der Waals surface area contributed by atoms with E-state index in [9.17, 15) is 9.59 Å². The number of hydrogen-bond acceptors (Lipinski definition) is 5. The smallest absolute Gasteiger partial charge is 0.278 e. The van der Waals surface area contributed by atoms with Crippen molar-refractivity contribution in [3.63, 3.8) is 0 Å². The van der Waals surface area contributed by atoms with E-state index in [2.05, 4.69) is 5.32 Å². The zero-order chi connectivity index (χ0) is 23.4. The van der Waals surface area contributed by atoms with E-state index in [4.69, 9.17) is 21.1 Å². The van der Waals surface area contributed by atoms with Crippen LogP contribution in [0.25, 0.3) is 5.57 Å². The van der Waals surface area contributed by atoms with E-state index in [1.807, 2.05) is 43.3 Å². The molecule has 0 radical (unpaired) electrons. The number of rotatable bonds is 8. The van der Waals surface area contributed by atoms with Gasteiger partial charge in [0.05, 0.1) is 19.2 Å². The van der Waals surface area contributed by atoms with Gasteiger partial charge in [-0.25, -0.2) is 0 Å². The molecule has 3 aromatic carbocycles. The topological polar surface area (TPSA) is 67.9 Å². The van der Waals surface area contributed by atoms with Crippen LogP contribution in [0.3, 0.4) is 0 Å². The van der Waals surface area contributed by atoms with Crippen molar-refractivity contribution in [3.05, 3.63) is 94.6 Å². The third-order valence-electron chi connectivity index (χ3n) is 5.33. The molecule has 0 atom stereocenters. The Kier molecular flexibility index (Phi) is 6.66. The van der Waals surface area contributed by atoms with Gasteiger partial charge in [0, 0.05) is 10.7 Å². The van der Waals surface area contributed by atoms with Gasteiger partial charge in [-0.2, -0.15) is 0 Å². The fourth-order valence-corrected chi connectivity index (χ4v) is 3.73. The summed E-state index contributed by atoms with van der Waals surface area (Å²) in [5.41, 5.74) is 2.78. The molecular formula is C26H23ClN2O4. The van der Waals surface area contributed by atoms with E-state index in [1.54, 1.807) is 43.5 Å². The highest BCUT2D eigenvalue weighted by Crippen LogP contribution is 2.32. The minimum atomic E-state index is -0.406. The van der Waals surface area contributed by atoms with E-state index in [1.165, 1.54) is 4.90 Å². The van der Waals surface area contributed by atoms with Gasteiger partial charge >= 0.3 is 0 Å². The van der Waals surface area contributed by atoms with Crippen LogP contribution >= 0.6 is 11.6 Å². The quantitative estimate of drug-likeness (QED) is 0.481. The Morgan fingerprint density at radius 1 is 0.909 bits per heavy atom. The Morgan fingerprint density at radius 2 is 1.61 bits per heavy atom. The number of nitrogens with one attached hydrogen (secondary N) is 1. The first kappa shape index (κ1) is 22.4. The zero-order valence-electron chi connectivity index (χ0n) is 18.3. The van der Waals surface area contributed by atoms with Gasteiger partial charge in [-0.1, -0.05) is 48.0 Å². The Balaban J connectivity index is 1.57. The van der Waals surface area contributed by atoms with Crippen LogP contribution in [0, 0.1) is 6.92 Å². The summed E-state index contributed by atoms with van der Waals surface area (Å²) in [5, 5.41) is 3.69. The minimum absolute atomic E-state index is 0.111. The fourth-order valence-electron chi connectivity index (χ4n) is 3.56. The van der Waals surface area contributed by atoms with E-state index >= 15 is 0 Å². The van der Waals surface area contributed by atoms with Crippen molar-refractivity contribution in [1.29, 1.82) is 0 Å². The molecule has 1 heterocycles. The van der Waals surface area contributed by atoms with Gasteiger partial charge in [-0.05, 0) is 54.4 Å². The largest absolute Gasteiger partial charge is 0.497 e. The molecule has 2 amide bonds. The summed E-state index contributed by atoms with van der Waals surface area (Å²) in [6, 6.07) is 21.6. The summed E-state index contributed by atoms with van der Waals surface area (Å²) in [5.74, 6) is 0.568. The number of carbonyl (C=O) groups is 2. The third kappa shape index (κ3) is 4.86. The van der Waals surface area contributed by atoms with Gasteiger partial charge in [0.25, 0.3) is 11.8 Å². The van der Waals surface area contributed by atoms with Gasteiger partial charge in [0.15, 0.2) is 0 Å². The van der Waals surface area contributed by atoms with Crippen LogP contribution in [-0.2, 0) is 9.59 Å². The van der Waals surface area contributed by atoms with Gasteiger partial charge in [0.2, 0.25) is 0 Å². The first-order chi connectivity index (χ1) is 16.0. The average Bonchev–Trinajstić information content (AvgIpc) is 3.06. The molecule has 0 aliphatic carbocycles. The second kappa shape index (κ2) is 9.79. The van der Waals surface area contributed by atoms with Gasteiger partial charge < -0.3 is 14.8 Å². The second-order valence-electron chi connectivity index (χ2n) is 7.49. The molecule has 0 saturated heterocycles. The van der Waals surface area contributed by atoms with Crippen molar-refractivity contribution in [1.82, 2.24) is 4.90 Å². The lowest BCUT2D eigenvalue weighted by Gasteiger charge is -2.16. The lowest BCUT2D eigenvalue weighted by atomic mass is 10.0. The first-order valence-electron chi connectivity index (χ1n) is 10.4. The fraction of sp³-hybridized carbons (Fsp3) is 0.154. The molecule has 0 bridgehead atoms. The number of amides is 2. The molecule has 0 unspecified atom stereocenters. The zero-order valence-corrected chi connectivity index (χ0v) is 19.1. The van der Waals surface area contributed by atoms with Crippen molar-refractivity contribution in [2.75, 3.05) is 25.6 Å². The number of aryl methyl sites for hydroxylation is 1. The number of anilines is 1. The number of nitrogens with zero attached hydrogens (tertiary/aromatic N) is 1. The maximum atomic E-state index is 13.3. The molecule has 1 N–H and O–H groups in total. The lowest BCUT2D eigenvalue weighted by molar-refractivity contribution is -0.137. The van der Waals surface area contributed by atoms with Crippen molar-refractivity contribution < 1.29 is 19.1 Å². The summed E-state index contributed by atoms with van der Waals surface area (Å²) >= 11 is 6.15. The maximum Gasteiger partial charge on any atom is 0.278 e. The molecule has 0 saturated carbocycles. The number of benzene rings is 3. The lowest BCUT2D eigenvalue weighted by Crippen LogP contribution is -2.36. The number of imide groups is 1. The van der Waals surface area contributed by atoms with Crippen molar-refractivity contribution in [3.8, 4) is 11.5 Å². The SMILES string of the molecule is COc1ccc(OCCN2C(=O)C(Nc3cc(Cl)ccc3C)=C(c3ccccc3)C2=O)cc1. The Morgan fingerprint density at radius 3 is 2.30 bits per heavy atom. The van der Waals surface area contributed by atoms with Crippen molar-refractivity contribution in [2.24, 2.45) is 0 Å². The highest BCUT2D eigenvalue weighted by Gasteiger charge is 2.39. The van der Waals surface area contributed by atoms with Crippen LogP contribution in [0.1, 0.15) is 11.1 Å². The number of halogens is 1. The van der Waals surface area contributed by atoms with E-state index in [0.717, 1.165) is 11.3 Å². The van der Waals surface area contributed by atoms with Crippen LogP contribution in [0.2, 0.25) is 5.02 Å². The van der Waals surface area contributed by atoms with Crippen molar-refractivity contribution >= 4 is 34.7 Å². The number of carbonyl (C=O) groups excluding carboxylic acids is 2. The Bertz CT molecular complexity index is 1210. The van der Waals surface area contributed by atoms with Crippen molar-refractivity contribution in [2.45, 2.75) is 6.92 Å². The third-order valence-corrected chi connectivity index (χ3v) is 5.57. The molecule has 0 aromatic heterocycles. The first-order valence-corrected chi connectivity index (χ1v) is 10.8. The molecule has 7 heteroatoms. The summed E-state index contributed by atoms with van der Waals surface area (Å²) in [7, 11) is 1.59. The predicted octanol–water partition coefficient (Wildman–Crippen LogP) is 4.93. The van der Waals surface area contributed by atoms with Crippen LogP contribution in [0.5, 0.6) is 11.5 Å². The maximum absolute atomic E-state index is 13.3. The molecular weight excluding hydrogens is 440 g/mol. The number of methoxy groups -OCH3 is 1. The highest BCUT2D eigenvalue weighted by molar-refractivity contribution is 6.36.